The Kier molecular flexibility index (Phi) is 4.02. The highest BCUT2D eigenvalue weighted by Gasteiger charge is 2.28. The number of carbonyl (C=O) groups excluding carboxylic acids is 1. The number of hydrogen-bond acceptors (Lipinski definition) is 3. The molecule has 2 aromatic rings. The second-order valence-electron chi connectivity index (χ2n) is 5.54. The Bertz CT molecular complexity index is 728. The van der Waals surface area contributed by atoms with Crippen LogP contribution in [0.2, 0.25) is 5.02 Å². The van der Waals surface area contributed by atoms with Gasteiger partial charge in [-0.3, -0.25) is 9.59 Å². The summed E-state index contributed by atoms with van der Waals surface area (Å²) in [5.41, 5.74) is 1.39. The molecule has 0 saturated carbocycles. The van der Waals surface area contributed by atoms with Gasteiger partial charge < -0.3 is 14.4 Å². The smallest absolute Gasteiger partial charge is 0.308 e. The van der Waals surface area contributed by atoms with E-state index >= 15 is 0 Å². The maximum atomic E-state index is 12.3. The molecule has 1 unspecified atom stereocenters. The van der Waals surface area contributed by atoms with Gasteiger partial charge in [0.25, 0.3) is 0 Å². The van der Waals surface area contributed by atoms with E-state index in [0.29, 0.717) is 23.7 Å². The molecule has 3 heterocycles. The van der Waals surface area contributed by atoms with Gasteiger partial charge in [-0.05, 0) is 25.0 Å². The molecule has 0 aromatic carbocycles. The van der Waals surface area contributed by atoms with Gasteiger partial charge in [-0.15, -0.1) is 0 Å². The lowest BCUT2D eigenvalue weighted by molar-refractivity contribution is -0.145. The molecule has 1 fully saturated rings. The van der Waals surface area contributed by atoms with E-state index in [1.54, 1.807) is 33.8 Å². The molecule has 1 saturated heterocycles. The summed E-state index contributed by atoms with van der Waals surface area (Å²) in [7, 11) is 0. The third-order valence-corrected chi connectivity index (χ3v) is 4.14. The van der Waals surface area contributed by atoms with Crippen LogP contribution < -0.4 is 0 Å². The van der Waals surface area contributed by atoms with Crippen molar-refractivity contribution in [1.29, 1.82) is 0 Å². The van der Waals surface area contributed by atoms with Gasteiger partial charge >= 0.3 is 5.97 Å². The first kappa shape index (κ1) is 14.8. The summed E-state index contributed by atoms with van der Waals surface area (Å²) < 4.78 is 1.78. The molecule has 1 N–H and O–H groups in total. The largest absolute Gasteiger partial charge is 0.481 e. The Morgan fingerprint density at radius 2 is 2.18 bits per heavy atom. The summed E-state index contributed by atoms with van der Waals surface area (Å²) in [6.45, 7) is 0.898. The maximum absolute atomic E-state index is 12.3. The van der Waals surface area contributed by atoms with Gasteiger partial charge in [0, 0.05) is 25.5 Å². The van der Waals surface area contributed by atoms with Crippen LogP contribution >= 0.6 is 11.6 Å². The molecule has 116 valence electrons. The standard InChI is InChI=1S/C15H16ClN3O3/c16-11-3-4-13-17-12(9-19(13)8-11)6-14(20)18-5-1-2-10(7-18)15(21)22/h3-4,8-10H,1-2,5-7H2,(H,21,22). The molecule has 1 amide bonds. The highest BCUT2D eigenvalue weighted by atomic mass is 35.5. The van der Waals surface area contributed by atoms with Crippen LogP contribution in [0.1, 0.15) is 18.5 Å². The number of amides is 1. The number of fused-ring (bicyclic) bond motifs is 1. The van der Waals surface area contributed by atoms with Crippen molar-refractivity contribution in [3.05, 3.63) is 35.2 Å². The van der Waals surface area contributed by atoms with Crippen molar-refractivity contribution < 1.29 is 14.7 Å². The number of pyridine rings is 1. The van der Waals surface area contributed by atoms with Gasteiger partial charge in [0.2, 0.25) is 5.91 Å². The lowest BCUT2D eigenvalue weighted by Crippen LogP contribution is -2.43. The SMILES string of the molecule is O=C(O)C1CCCN(C(=O)Cc2cn3cc(Cl)ccc3n2)C1. The van der Waals surface area contributed by atoms with Crippen LogP contribution in [0.5, 0.6) is 0 Å². The zero-order chi connectivity index (χ0) is 15.7. The number of likely N-dealkylation sites (tertiary alicyclic amines) is 1. The average molecular weight is 322 g/mol. The molecule has 0 radical (unpaired) electrons. The Hall–Kier alpha value is -2.08. The van der Waals surface area contributed by atoms with Crippen molar-refractivity contribution in [2.45, 2.75) is 19.3 Å². The van der Waals surface area contributed by atoms with Crippen molar-refractivity contribution in [2.75, 3.05) is 13.1 Å². The third-order valence-electron chi connectivity index (χ3n) is 3.92. The van der Waals surface area contributed by atoms with Crippen molar-refractivity contribution in [1.82, 2.24) is 14.3 Å². The number of carboxylic acids is 1. The highest BCUT2D eigenvalue weighted by Crippen LogP contribution is 2.18. The average Bonchev–Trinajstić information content (AvgIpc) is 2.88. The van der Waals surface area contributed by atoms with Crippen LogP contribution in [0.25, 0.3) is 5.65 Å². The van der Waals surface area contributed by atoms with Crippen LogP contribution in [0, 0.1) is 5.92 Å². The summed E-state index contributed by atoms with van der Waals surface area (Å²) >= 11 is 5.92. The topological polar surface area (TPSA) is 74.9 Å². The molecule has 7 heteroatoms. The van der Waals surface area contributed by atoms with E-state index in [2.05, 4.69) is 4.98 Å². The second-order valence-corrected chi connectivity index (χ2v) is 5.98. The maximum Gasteiger partial charge on any atom is 0.308 e. The quantitative estimate of drug-likeness (QED) is 0.936. The van der Waals surface area contributed by atoms with E-state index in [9.17, 15) is 9.59 Å². The molecular formula is C15H16ClN3O3. The molecular weight excluding hydrogens is 306 g/mol. The number of aliphatic carboxylic acids is 1. The van der Waals surface area contributed by atoms with Gasteiger partial charge in [0.1, 0.15) is 5.65 Å². The lowest BCUT2D eigenvalue weighted by Gasteiger charge is -2.30. The van der Waals surface area contributed by atoms with Gasteiger partial charge in [-0.2, -0.15) is 0 Å². The van der Waals surface area contributed by atoms with E-state index in [4.69, 9.17) is 16.7 Å². The molecule has 1 aliphatic rings. The number of rotatable bonds is 3. The van der Waals surface area contributed by atoms with Gasteiger partial charge in [-0.1, -0.05) is 11.6 Å². The normalized spacial score (nSPS) is 18.6. The Balaban J connectivity index is 1.71. The van der Waals surface area contributed by atoms with Crippen molar-refractivity contribution in [3.63, 3.8) is 0 Å². The van der Waals surface area contributed by atoms with Crippen molar-refractivity contribution >= 4 is 29.1 Å². The highest BCUT2D eigenvalue weighted by molar-refractivity contribution is 6.30. The third kappa shape index (κ3) is 3.06. The number of carbonyl (C=O) groups is 2. The predicted octanol–water partition coefficient (Wildman–Crippen LogP) is 1.85. The van der Waals surface area contributed by atoms with E-state index < -0.39 is 11.9 Å². The molecule has 0 aliphatic carbocycles. The minimum atomic E-state index is -0.833. The Morgan fingerprint density at radius 3 is 2.95 bits per heavy atom. The zero-order valence-electron chi connectivity index (χ0n) is 11.9. The molecule has 6 nitrogen and oxygen atoms in total. The minimum Gasteiger partial charge on any atom is -0.481 e. The van der Waals surface area contributed by atoms with Crippen LogP contribution in [-0.2, 0) is 16.0 Å². The molecule has 1 atom stereocenters. The number of hydrogen-bond donors (Lipinski definition) is 1. The number of nitrogens with zero attached hydrogens (tertiary/aromatic N) is 3. The van der Waals surface area contributed by atoms with Crippen LogP contribution in [0.4, 0.5) is 0 Å². The summed E-state index contributed by atoms with van der Waals surface area (Å²) in [4.78, 5) is 29.4. The van der Waals surface area contributed by atoms with Gasteiger partial charge in [0.15, 0.2) is 0 Å². The fourth-order valence-electron chi connectivity index (χ4n) is 2.77. The number of halogens is 1. The van der Waals surface area contributed by atoms with Crippen LogP contribution in [-0.4, -0.2) is 44.4 Å². The first-order valence-electron chi connectivity index (χ1n) is 7.16. The summed E-state index contributed by atoms with van der Waals surface area (Å²) in [6.07, 6.45) is 5.04. The Morgan fingerprint density at radius 1 is 1.36 bits per heavy atom. The number of aromatic nitrogens is 2. The lowest BCUT2D eigenvalue weighted by atomic mass is 9.98. The molecule has 3 rings (SSSR count). The monoisotopic (exact) mass is 321 g/mol. The van der Waals surface area contributed by atoms with E-state index in [0.717, 1.165) is 12.1 Å². The number of imidazole rings is 1. The fraction of sp³-hybridized carbons (Fsp3) is 0.400. The van der Waals surface area contributed by atoms with Gasteiger partial charge in [-0.25, -0.2) is 4.98 Å². The predicted molar refractivity (Wildman–Crippen MR) is 80.8 cm³/mol. The van der Waals surface area contributed by atoms with E-state index in [-0.39, 0.29) is 18.9 Å². The molecule has 1 aliphatic heterocycles. The van der Waals surface area contributed by atoms with E-state index in [1.807, 2.05) is 0 Å². The Labute approximate surface area is 132 Å². The van der Waals surface area contributed by atoms with Crippen molar-refractivity contribution in [3.8, 4) is 0 Å². The number of piperidine rings is 1. The number of carboxylic acid groups (broad SMARTS) is 1. The molecule has 2 aromatic heterocycles. The van der Waals surface area contributed by atoms with Crippen molar-refractivity contribution in [2.24, 2.45) is 5.92 Å². The summed E-state index contributed by atoms with van der Waals surface area (Å²) in [5.74, 6) is -1.38. The minimum absolute atomic E-state index is 0.0829. The first-order chi connectivity index (χ1) is 10.5. The first-order valence-corrected chi connectivity index (χ1v) is 7.54. The zero-order valence-corrected chi connectivity index (χ0v) is 12.7. The second kappa shape index (κ2) is 5.96. The van der Waals surface area contributed by atoms with Crippen LogP contribution in [0.3, 0.4) is 0 Å². The molecule has 0 spiro atoms. The molecule has 22 heavy (non-hydrogen) atoms. The fourth-order valence-corrected chi connectivity index (χ4v) is 2.94. The van der Waals surface area contributed by atoms with Gasteiger partial charge in [0.05, 0.1) is 23.1 Å². The summed E-state index contributed by atoms with van der Waals surface area (Å²) in [6, 6.07) is 3.54. The van der Waals surface area contributed by atoms with E-state index in [1.165, 1.54) is 0 Å². The summed E-state index contributed by atoms with van der Waals surface area (Å²) in [5, 5.41) is 9.68. The van der Waals surface area contributed by atoms with Crippen LogP contribution in [0.15, 0.2) is 24.5 Å². The molecule has 0 bridgehead atoms.